The van der Waals surface area contributed by atoms with Crippen molar-refractivity contribution in [2.75, 3.05) is 6.61 Å². The Morgan fingerprint density at radius 2 is 1.78 bits per heavy atom. The molecule has 1 fully saturated rings. The lowest BCUT2D eigenvalue weighted by molar-refractivity contribution is 0.279. The minimum Gasteiger partial charge on any atom is -0.494 e. The summed E-state index contributed by atoms with van der Waals surface area (Å²) >= 11 is 3.95. The molecule has 0 radical (unpaired) electrons. The van der Waals surface area contributed by atoms with Crippen LogP contribution in [0.1, 0.15) is 56.3 Å². The average molecular weight is 311 g/mol. The summed E-state index contributed by atoms with van der Waals surface area (Å²) in [7, 11) is 0. The largest absolute Gasteiger partial charge is 0.494 e. The van der Waals surface area contributed by atoms with Gasteiger partial charge in [0.1, 0.15) is 5.75 Å². The molecule has 0 amide bonds. The third-order valence-corrected chi connectivity index (χ3v) is 5.82. The highest BCUT2D eigenvalue weighted by Crippen LogP contribution is 2.54. The number of ether oxygens (including phenoxy) is 1. The number of benzene rings is 1. The fraction of sp³-hybridized carbons (Fsp3) is 0.625. The van der Waals surface area contributed by atoms with E-state index in [4.69, 9.17) is 4.74 Å². The Balaban J connectivity index is 2.14. The van der Waals surface area contributed by atoms with E-state index >= 15 is 0 Å². The lowest BCUT2D eigenvalue weighted by Gasteiger charge is -2.33. The van der Waals surface area contributed by atoms with Crippen molar-refractivity contribution < 1.29 is 4.74 Å². The van der Waals surface area contributed by atoms with Gasteiger partial charge in [0.15, 0.2) is 0 Å². The zero-order chi connectivity index (χ0) is 13.0. The molecule has 1 atom stereocenters. The van der Waals surface area contributed by atoms with E-state index in [9.17, 15) is 0 Å². The maximum absolute atomic E-state index is 5.50. The number of rotatable bonds is 5. The van der Waals surface area contributed by atoms with Gasteiger partial charge in [-0.3, -0.25) is 0 Å². The van der Waals surface area contributed by atoms with Crippen LogP contribution in [0.2, 0.25) is 0 Å². The van der Waals surface area contributed by atoms with Crippen LogP contribution in [-0.2, 0) is 0 Å². The topological polar surface area (TPSA) is 9.23 Å². The van der Waals surface area contributed by atoms with E-state index in [2.05, 4.69) is 47.1 Å². The van der Waals surface area contributed by atoms with Gasteiger partial charge >= 0.3 is 0 Å². The maximum atomic E-state index is 5.50. The van der Waals surface area contributed by atoms with Crippen LogP contribution in [0.5, 0.6) is 5.75 Å². The van der Waals surface area contributed by atoms with Crippen molar-refractivity contribution in [3.8, 4) is 5.75 Å². The van der Waals surface area contributed by atoms with Gasteiger partial charge in [-0.05, 0) is 49.3 Å². The van der Waals surface area contributed by atoms with E-state index in [1.54, 1.807) is 0 Å². The summed E-state index contributed by atoms with van der Waals surface area (Å²) in [4.78, 5) is 0.480. The molecule has 100 valence electrons. The molecule has 1 aliphatic rings. The molecule has 1 aromatic rings. The Morgan fingerprint density at radius 1 is 1.17 bits per heavy atom. The highest BCUT2D eigenvalue weighted by molar-refractivity contribution is 9.09. The molecule has 1 unspecified atom stereocenters. The van der Waals surface area contributed by atoms with Crippen LogP contribution in [0, 0.1) is 5.41 Å². The molecule has 1 nitrogen and oxygen atoms in total. The fourth-order valence-corrected chi connectivity index (χ4v) is 4.21. The second-order valence-electron chi connectivity index (χ2n) is 5.29. The molecule has 0 aliphatic heterocycles. The normalized spacial score (nSPS) is 19.7. The van der Waals surface area contributed by atoms with E-state index in [1.165, 1.54) is 37.7 Å². The molecule has 1 aromatic carbocycles. The van der Waals surface area contributed by atoms with Crippen LogP contribution < -0.4 is 4.74 Å². The standard InChI is InChI=1S/C16H23BrO/c1-3-16(11-5-6-12-16)15(17)13-7-9-14(10-8-13)18-4-2/h7-10,15H,3-6,11-12H2,1-2H3. The molecule has 2 heteroatoms. The van der Waals surface area contributed by atoms with Crippen LogP contribution in [-0.4, -0.2) is 6.61 Å². The monoisotopic (exact) mass is 310 g/mol. The van der Waals surface area contributed by atoms with Gasteiger partial charge in [-0.2, -0.15) is 0 Å². The van der Waals surface area contributed by atoms with Crippen LogP contribution in [0.3, 0.4) is 0 Å². The molecule has 18 heavy (non-hydrogen) atoms. The summed E-state index contributed by atoms with van der Waals surface area (Å²) in [6.07, 6.45) is 6.73. The van der Waals surface area contributed by atoms with Crippen LogP contribution in [0.25, 0.3) is 0 Å². The Kier molecular flexibility index (Phi) is 4.71. The quantitative estimate of drug-likeness (QED) is 0.653. The van der Waals surface area contributed by atoms with E-state index in [-0.39, 0.29) is 0 Å². The summed E-state index contributed by atoms with van der Waals surface area (Å²) in [6.45, 7) is 5.08. The molecule has 0 N–H and O–H groups in total. The summed E-state index contributed by atoms with van der Waals surface area (Å²) < 4.78 is 5.50. The third-order valence-electron chi connectivity index (χ3n) is 4.32. The van der Waals surface area contributed by atoms with Gasteiger partial charge in [0, 0.05) is 4.83 Å². The number of alkyl halides is 1. The number of hydrogen-bond donors (Lipinski definition) is 0. The Hall–Kier alpha value is -0.500. The summed E-state index contributed by atoms with van der Waals surface area (Å²) in [5, 5.41) is 0. The Bertz CT molecular complexity index is 365. The first-order chi connectivity index (χ1) is 8.72. The van der Waals surface area contributed by atoms with Gasteiger partial charge in [-0.25, -0.2) is 0 Å². The van der Waals surface area contributed by atoms with E-state index in [1.807, 2.05) is 6.92 Å². The van der Waals surface area contributed by atoms with Crippen molar-refractivity contribution in [3.05, 3.63) is 29.8 Å². The third kappa shape index (κ3) is 2.74. The first-order valence-electron chi connectivity index (χ1n) is 7.08. The van der Waals surface area contributed by atoms with Gasteiger partial charge in [-0.1, -0.05) is 47.8 Å². The van der Waals surface area contributed by atoms with Gasteiger partial charge in [0.05, 0.1) is 6.61 Å². The lowest BCUT2D eigenvalue weighted by atomic mass is 9.77. The highest BCUT2D eigenvalue weighted by atomic mass is 79.9. The second-order valence-corrected chi connectivity index (χ2v) is 6.20. The second kappa shape index (κ2) is 6.10. The van der Waals surface area contributed by atoms with E-state index < -0.39 is 0 Å². The van der Waals surface area contributed by atoms with E-state index in [0.29, 0.717) is 10.2 Å². The van der Waals surface area contributed by atoms with Gasteiger partial charge < -0.3 is 4.74 Å². The van der Waals surface area contributed by atoms with Gasteiger partial charge in [0.2, 0.25) is 0 Å². The van der Waals surface area contributed by atoms with Gasteiger partial charge in [0.25, 0.3) is 0 Å². The van der Waals surface area contributed by atoms with Crippen molar-refractivity contribution >= 4 is 15.9 Å². The predicted molar refractivity (Wildman–Crippen MR) is 80.5 cm³/mol. The average Bonchev–Trinajstić information content (AvgIpc) is 2.89. The molecule has 0 bridgehead atoms. The summed E-state index contributed by atoms with van der Waals surface area (Å²) in [5.74, 6) is 0.970. The number of hydrogen-bond acceptors (Lipinski definition) is 1. The first kappa shape index (κ1) is 13.9. The maximum Gasteiger partial charge on any atom is 0.119 e. The minimum atomic E-state index is 0.465. The Labute approximate surface area is 119 Å². The molecule has 0 saturated heterocycles. The highest BCUT2D eigenvalue weighted by Gasteiger charge is 2.39. The van der Waals surface area contributed by atoms with Crippen molar-refractivity contribution in [1.82, 2.24) is 0 Å². The van der Waals surface area contributed by atoms with Crippen molar-refractivity contribution in [3.63, 3.8) is 0 Å². The molecule has 0 spiro atoms. The number of halogens is 1. The lowest BCUT2D eigenvalue weighted by Crippen LogP contribution is -2.21. The molecule has 2 rings (SSSR count). The van der Waals surface area contributed by atoms with Crippen LogP contribution in [0.4, 0.5) is 0 Å². The van der Waals surface area contributed by atoms with E-state index in [0.717, 1.165) is 12.4 Å². The summed E-state index contributed by atoms with van der Waals surface area (Å²) in [6, 6.07) is 8.59. The van der Waals surface area contributed by atoms with Crippen molar-refractivity contribution in [2.45, 2.75) is 50.8 Å². The molecule has 1 saturated carbocycles. The molecule has 0 heterocycles. The minimum absolute atomic E-state index is 0.465. The molecular formula is C16H23BrO. The Morgan fingerprint density at radius 3 is 2.28 bits per heavy atom. The smallest absolute Gasteiger partial charge is 0.119 e. The zero-order valence-electron chi connectivity index (χ0n) is 11.4. The first-order valence-corrected chi connectivity index (χ1v) is 8.00. The zero-order valence-corrected chi connectivity index (χ0v) is 13.0. The molecule has 0 aromatic heterocycles. The SMILES string of the molecule is CCOc1ccc(C(Br)C2(CC)CCCC2)cc1. The van der Waals surface area contributed by atoms with Gasteiger partial charge in [-0.15, -0.1) is 0 Å². The summed E-state index contributed by atoms with van der Waals surface area (Å²) in [5.41, 5.74) is 1.86. The van der Waals surface area contributed by atoms with Crippen LogP contribution in [0.15, 0.2) is 24.3 Å². The van der Waals surface area contributed by atoms with Crippen LogP contribution >= 0.6 is 15.9 Å². The molecule has 1 aliphatic carbocycles. The fourth-order valence-electron chi connectivity index (χ4n) is 3.12. The predicted octanol–water partition coefficient (Wildman–Crippen LogP) is 5.49. The van der Waals surface area contributed by atoms with Crippen molar-refractivity contribution in [1.29, 1.82) is 0 Å². The molecular weight excluding hydrogens is 288 g/mol. The van der Waals surface area contributed by atoms with Crippen molar-refractivity contribution in [2.24, 2.45) is 5.41 Å².